The van der Waals surface area contributed by atoms with E-state index in [4.69, 9.17) is 0 Å². The number of carbonyl (C=O) groups is 1. The number of carbonyl (C=O) groups excluding carboxylic acids is 1. The van der Waals surface area contributed by atoms with Crippen LogP contribution in [0.5, 0.6) is 0 Å². The summed E-state index contributed by atoms with van der Waals surface area (Å²) in [6.07, 6.45) is 5.72. The van der Waals surface area contributed by atoms with Crippen molar-refractivity contribution >= 4 is 5.91 Å². The van der Waals surface area contributed by atoms with Gasteiger partial charge in [-0.2, -0.15) is 0 Å². The fraction of sp³-hybridized carbons (Fsp3) is 0.538. The fourth-order valence-corrected chi connectivity index (χ4v) is 6.06. The van der Waals surface area contributed by atoms with Gasteiger partial charge in [0.05, 0.1) is 12.0 Å². The molecule has 6 nitrogen and oxygen atoms in total. The summed E-state index contributed by atoms with van der Waals surface area (Å²) in [5.41, 5.74) is 2.54. The monoisotopic (exact) mass is 433 g/mol. The molecule has 2 aliphatic carbocycles. The van der Waals surface area contributed by atoms with Crippen molar-refractivity contribution in [2.24, 2.45) is 17.8 Å². The number of nitrogens with one attached hydrogen (secondary N) is 1. The summed E-state index contributed by atoms with van der Waals surface area (Å²) in [4.78, 5) is 29.5. The second-order valence-electron chi connectivity index (χ2n) is 10.1. The predicted octanol–water partition coefficient (Wildman–Crippen LogP) is 2.56. The number of benzene rings is 1. The minimum absolute atomic E-state index is 0.00603. The van der Waals surface area contributed by atoms with Crippen LogP contribution in [0.4, 0.5) is 0 Å². The molecule has 2 aliphatic heterocycles. The van der Waals surface area contributed by atoms with Crippen LogP contribution in [0.3, 0.4) is 0 Å². The van der Waals surface area contributed by atoms with Crippen LogP contribution in [-0.4, -0.2) is 45.7 Å². The number of amides is 1. The molecule has 2 saturated carbocycles. The maximum Gasteiger partial charge on any atom is 0.258 e. The Morgan fingerprint density at radius 1 is 1.06 bits per heavy atom. The van der Waals surface area contributed by atoms with Gasteiger partial charge in [0.2, 0.25) is 5.91 Å². The largest absolute Gasteiger partial charge is 0.396 e. The molecule has 1 saturated heterocycles. The van der Waals surface area contributed by atoms with Crippen molar-refractivity contribution in [3.63, 3.8) is 0 Å². The van der Waals surface area contributed by atoms with Crippen molar-refractivity contribution in [3.05, 3.63) is 58.5 Å². The molecule has 2 aromatic rings. The molecular formula is C26H31N3O3. The summed E-state index contributed by atoms with van der Waals surface area (Å²) in [5.74, 6) is 0.253. The molecule has 32 heavy (non-hydrogen) atoms. The first kappa shape index (κ1) is 20.2. The Kier molecular flexibility index (Phi) is 4.95. The van der Waals surface area contributed by atoms with Crippen LogP contribution < -0.4 is 10.9 Å². The summed E-state index contributed by atoms with van der Waals surface area (Å²) in [6, 6.07) is 13.9. The van der Waals surface area contributed by atoms with Gasteiger partial charge in [-0.25, -0.2) is 0 Å². The average Bonchev–Trinajstić information content (AvgIpc) is 3.56. The number of hydrogen-bond acceptors (Lipinski definition) is 4. The minimum Gasteiger partial charge on any atom is -0.396 e. The van der Waals surface area contributed by atoms with Crippen LogP contribution in [0.25, 0.3) is 11.1 Å². The van der Waals surface area contributed by atoms with Crippen LogP contribution in [-0.2, 0) is 11.3 Å². The Balaban J connectivity index is 1.42. The van der Waals surface area contributed by atoms with E-state index in [9.17, 15) is 14.7 Å². The highest BCUT2D eigenvalue weighted by Gasteiger charge is 2.56. The molecule has 168 valence electrons. The number of hydrogen-bond donors (Lipinski definition) is 2. The van der Waals surface area contributed by atoms with E-state index in [0.717, 1.165) is 30.6 Å². The molecule has 1 aromatic carbocycles. The van der Waals surface area contributed by atoms with Crippen LogP contribution in [0.15, 0.2) is 47.3 Å². The zero-order valence-corrected chi connectivity index (χ0v) is 18.3. The van der Waals surface area contributed by atoms with Gasteiger partial charge in [0, 0.05) is 49.0 Å². The van der Waals surface area contributed by atoms with Crippen LogP contribution in [0.1, 0.15) is 43.8 Å². The summed E-state index contributed by atoms with van der Waals surface area (Å²) in [6.45, 7) is 1.46. The van der Waals surface area contributed by atoms with E-state index in [1.165, 1.54) is 19.3 Å². The number of aliphatic hydroxyl groups is 1. The highest BCUT2D eigenvalue weighted by atomic mass is 16.3. The Morgan fingerprint density at radius 2 is 1.84 bits per heavy atom. The molecule has 0 radical (unpaired) electrons. The van der Waals surface area contributed by atoms with E-state index in [-0.39, 0.29) is 48.0 Å². The number of nitrogens with zero attached hydrogens (tertiary/aromatic N) is 2. The van der Waals surface area contributed by atoms with Gasteiger partial charge in [-0.15, -0.1) is 0 Å². The van der Waals surface area contributed by atoms with E-state index >= 15 is 0 Å². The molecule has 0 unspecified atom stereocenters. The Hall–Kier alpha value is -2.44. The summed E-state index contributed by atoms with van der Waals surface area (Å²) >= 11 is 0. The van der Waals surface area contributed by atoms with Crippen LogP contribution >= 0.6 is 0 Å². The van der Waals surface area contributed by atoms with Crippen molar-refractivity contribution in [1.82, 2.24) is 14.8 Å². The van der Waals surface area contributed by atoms with Gasteiger partial charge in [0.25, 0.3) is 5.56 Å². The van der Waals surface area contributed by atoms with Crippen molar-refractivity contribution < 1.29 is 9.90 Å². The lowest BCUT2D eigenvalue weighted by Gasteiger charge is -2.38. The van der Waals surface area contributed by atoms with Crippen LogP contribution in [0.2, 0.25) is 0 Å². The molecule has 3 fully saturated rings. The molecule has 1 amide bonds. The van der Waals surface area contributed by atoms with Gasteiger partial charge >= 0.3 is 0 Å². The summed E-state index contributed by atoms with van der Waals surface area (Å²) < 4.78 is 1.89. The van der Waals surface area contributed by atoms with Gasteiger partial charge in [-0.05, 0) is 55.7 Å². The van der Waals surface area contributed by atoms with Crippen molar-refractivity contribution in [2.75, 3.05) is 13.2 Å². The van der Waals surface area contributed by atoms with E-state index in [0.29, 0.717) is 18.0 Å². The second kappa shape index (κ2) is 7.85. The van der Waals surface area contributed by atoms with E-state index in [1.807, 2.05) is 47.0 Å². The third-order valence-electron chi connectivity index (χ3n) is 8.18. The van der Waals surface area contributed by atoms with Gasteiger partial charge < -0.3 is 15.0 Å². The number of aromatic nitrogens is 1. The highest BCUT2D eigenvalue weighted by Crippen LogP contribution is 2.50. The molecule has 2 N–H and O–H groups in total. The lowest BCUT2D eigenvalue weighted by Crippen LogP contribution is -2.47. The molecule has 6 rings (SSSR count). The average molecular weight is 434 g/mol. The predicted molar refractivity (Wildman–Crippen MR) is 122 cm³/mol. The Labute approximate surface area is 188 Å². The van der Waals surface area contributed by atoms with Gasteiger partial charge in [0.1, 0.15) is 0 Å². The second-order valence-corrected chi connectivity index (χ2v) is 10.1. The van der Waals surface area contributed by atoms with Crippen LogP contribution in [0, 0.1) is 17.8 Å². The normalized spacial score (nSPS) is 29.4. The zero-order chi connectivity index (χ0) is 21.8. The standard InChI is InChI=1S/C26H31N3O3/c30-15-20-22-14-29-21(12-11-19(26(29)32)17-5-2-1-3-6-17)24(28(22)13-16-9-10-16)23(20)25(31)27-18-7-4-8-18/h1-3,5-6,11-12,16,18,20,22-24,30H,4,7-10,13-15H2,(H,27,31)/t20-,22-,23+,24+/m0/s1. The summed E-state index contributed by atoms with van der Waals surface area (Å²) in [5, 5.41) is 13.6. The molecular weight excluding hydrogens is 402 g/mol. The lowest BCUT2D eigenvalue weighted by atomic mass is 9.85. The van der Waals surface area contributed by atoms with E-state index in [1.54, 1.807) is 0 Å². The maximum absolute atomic E-state index is 13.6. The lowest BCUT2D eigenvalue weighted by molar-refractivity contribution is -0.128. The molecule has 4 atom stereocenters. The van der Waals surface area contributed by atoms with Crippen molar-refractivity contribution in [3.8, 4) is 11.1 Å². The fourth-order valence-electron chi connectivity index (χ4n) is 6.06. The van der Waals surface area contributed by atoms with Crippen molar-refractivity contribution in [1.29, 1.82) is 0 Å². The number of aliphatic hydroxyl groups excluding tert-OH is 1. The number of fused-ring (bicyclic) bond motifs is 4. The van der Waals surface area contributed by atoms with Crippen molar-refractivity contribution in [2.45, 2.75) is 56.8 Å². The zero-order valence-electron chi connectivity index (χ0n) is 18.3. The first-order valence-electron chi connectivity index (χ1n) is 12.1. The first-order valence-corrected chi connectivity index (χ1v) is 12.1. The van der Waals surface area contributed by atoms with Gasteiger partial charge in [0.15, 0.2) is 0 Å². The molecule has 4 aliphatic rings. The Bertz CT molecular complexity index is 1070. The summed E-state index contributed by atoms with van der Waals surface area (Å²) in [7, 11) is 0. The highest BCUT2D eigenvalue weighted by molar-refractivity contribution is 5.81. The molecule has 6 heteroatoms. The third kappa shape index (κ3) is 3.23. The van der Waals surface area contributed by atoms with Gasteiger partial charge in [-0.1, -0.05) is 30.3 Å². The minimum atomic E-state index is -0.319. The topological polar surface area (TPSA) is 74.6 Å². The van der Waals surface area contributed by atoms with E-state index < -0.39 is 0 Å². The van der Waals surface area contributed by atoms with E-state index in [2.05, 4.69) is 10.2 Å². The molecule has 2 bridgehead atoms. The Morgan fingerprint density at radius 3 is 2.50 bits per heavy atom. The SMILES string of the molecule is O=C(NC1CCC1)[C@@H]1[C@@H](CO)[C@@H]2Cn3c(ccc(-c4ccccc4)c3=O)[C@H]1N2CC1CC1. The molecule has 1 aromatic heterocycles. The number of pyridine rings is 1. The quantitative estimate of drug-likeness (QED) is 0.734. The smallest absolute Gasteiger partial charge is 0.258 e. The first-order chi connectivity index (χ1) is 15.7. The maximum atomic E-state index is 13.6. The van der Waals surface area contributed by atoms with Gasteiger partial charge in [-0.3, -0.25) is 14.5 Å². The third-order valence-corrected chi connectivity index (χ3v) is 8.18. The molecule has 3 heterocycles. The molecule has 0 spiro atoms. The number of rotatable bonds is 6.